The Kier molecular flexibility index (Phi) is 11.3. The SMILES string of the molecule is O=C(CCCCCC(=O)Nc1cccc(C2OC(CN3CCOCC3)CC(c3ccc(CO)cc3)O2)c1)NO. The highest BCUT2D eigenvalue weighted by atomic mass is 16.7. The van der Waals surface area contributed by atoms with E-state index in [0.717, 1.165) is 56.0 Å². The molecule has 2 aromatic rings. The fourth-order valence-electron chi connectivity index (χ4n) is 4.90. The monoisotopic (exact) mass is 541 g/mol. The summed E-state index contributed by atoms with van der Waals surface area (Å²) < 4.78 is 18.4. The predicted octanol–water partition coefficient (Wildman–Crippen LogP) is 3.45. The molecule has 2 saturated heterocycles. The second kappa shape index (κ2) is 15.1. The Balaban J connectivity index is 1.39. The molecule has 0 radical (unpaired) electrons. The van der Waals surface area contributed by atoms with E-state index in [-0.39, 0.29) is 31.1 Å². The number of rotatable bonds is 12. The number of unbranched alkanes of at least 4 members (excludes halogenated alkanes) is 2. The zero-order chi connectivity index (χ0) is 27.5. The van der Waals surface area contributed by atoms with Gasteiger partial charge in [-0.05, 0) is 36.1 Å². The van der Waals surface area contributed by atoms with E-state index in [2.05, 4.69) is 10.2 Å². The van der Waals surface area contributed by atoms with Gasteiger partial charge in [0.25, 0.3) is 0 Å². The quantitative estimate of drug-likeness (QED) is 0.183. The molecule has 0 bridgehead atoms. The average Bonchev–Trinajstić information content (AvgIpc) is 2.97. The summed E-state index contributed by atoms with van der Waals surface area (Å²) in [6.07, 6.45) is 2.46. The summed E-state index contributed by atoms with van der Waals surface area (Å²) in [5, 5.41) is 20.9. The third kappa shape index (κ3) is 9.10. The van der Waals surface area contributed by atoms with Gasteiger partial charge in [0.15, 0.2) is 6.29 Å². The molecular weight excluding hydrogens is 502 g/mol. The Morgan fingerprint density at radius 1 is 0.923 bits per heavy atom. The van der Waals surface area contributed by atoms with E-state index in [1.54, 1.807) is 5.48 Å². The van der Waals surface area contributed by atoms with Crippen LogP contribution in [0.2, 0.25) is 0 Å². The van der Waals surface area contributed by atoms with Crippen molar-refractivity contribution in [2.75, 3.05) is 38.2 Å². The third-order valence-corrected chi connectivity index (χ3v) is 7.06. The van der Waals surface area contributed by atoms with E-state index in [9.17, 15) is 14.7 Å². The van der Waals surface area contributed by atoms with Crippen LogP contribution < -0.4 is 10.8 Å². The molecule has 10 nitrogen and oxygen atoms in total. The number of anilines is 1. The first kappa shape index (κ1) is 29.1. The van der Waals surface area contributed by atoms with Crippen molar-refractivity contribution in [3.05, 3.63) is 65.2 Å². The van der Waals surface area contributed by atoms with Gasteiger partial charge < -0.3 is 24.6 Å². The minimum Gasteiger partial charge on any atom is -0.392 e. The van der Waals surface area contributed by atoms with Crippen molar-refractivity contribution in [1.29, 1.82) is 0 Å². The Hall–Kier alpha value is -2.86. The fourth-order valence-corrected chi connectivity index (χ4v) is 4.90. The molecule has 2 aliphatic rings. The molecule has 0 aromatic heterocycles. The molecule has 2 amide bonds. The van der Waals surface area contributed by atoms with Crippen molar-refractivity contribution in [2.24, 2.45) is 0 Å². The largest absolute Gasteiger partial charge is 0.392 e. The molecular formula is C29H39N3O7. The molecule has 0 spiro atoms. The van der Waals surface area contributed by atoms with Gasteiger partial charge in [0.1, 0.15) is 0 Å². The lowest BCUT2D eigenvalue weighted by Crippen LogP contribution is -2.44. The Morgan fingerprint density at radius 3 is 2.38 bits per heavy atom. The molecule has 3 atom stereocenters. The molecule has 0 saturated carbocycles. The minimum absolute atomic E-state index is 0.00340. The van der Waals surface area contributed by atoms with Crippen LogP contribution in [-0.4, -0.2) is 66.0 Å². The number of hydroxylamine groups is 1. The summed E-state index contributed by atoms with van der Waals surface area (Å²) in [4.78, 5) is 25.9. The topological polar surface area (TPSA) is 130 Å². The molecule has 212 valence electrons. The van der Waals surface area contributed by atoms with Crippen molar-refractivity contribution in [1.82, 2.24) is 10.4 Å². The average molecular weight is 542 g/mol. The molecule has 39 heavy (non-hydrogen) atoms. The van der Waals surface area contributed by atoms with E-state index in [4.69, 9.17) is 19.4 Å². The highest BCUT2D eigenvalue weighted by Crippen LogP contribution is 2.38. The Bertz CT molecular complexity index is 1060. The van der Waals surface area contributed by atoms with Crippen LogP contribution in [0.15, 0.2) is 48.5 Å². The van der Waals surface area contributed by atoms with Crippen LogP contribution in [0, 0.1) is 0 Å². The van der Waals surface area contributed by atoms with Gasteiger partial charge in [-0.2, -0.15) is 0 Å². The molecule has 4 rings (SSSR count). The van der Waals surface area contributed by atoms with Crippen LogP contribution >= 0.6 is 0 Å². The van der Waals surface area contributed by atoms with E-state index >= 15 is 0 Å². The standard InChI is InChI=1S/C29H39N3O7/c33-20-21-9-11-22(12-10-21)26-18-25(19-32-13-15-37-16-14-32)38-29(39-26)23-5-4-6-24(17-23)30-27(34)7-2-1-3-8-28(35)31-36/h4-6,9-12,17,25-26,29,33,36H,1-3,7-8,13-16,18-20H2,(H,30,34)(H,31,35). The second-order valence-electron chi connectivity index (χ2n) is 10.0. The van der Waals surface area contributed by atoms with E-state index in [0.29, 0.717) is 31.4 Å². The predicted molar refractivity (Wildman–Crippen MR) is 144 cm³/mol. The van der Waals surface area contributed by atoms with Gasteiger partial charge >= 0.3 is 0 Å². The lowest BCUT2D eigenvalue weighted by molar-refractivity contribution is -0.253. The number of hydrogen-bond donors (Lipinski definition) is 4. The maximum absolute atomic E-state index is 12.5. The molecule has 3 unspecified atom stereocenters. The fraction of sp³-hybridized carbons (Fsp3) is 0.517. The highest BCUT2D eigenvalue weighted by Gasteiger charge is 2.33. The third-order valence-electron chi connectivity index (χ3n) is 7.06. The number of hydrogen-bond acceptors (Lipinski definition) is 8. The van der Waals surface area contributed by atoms with Gasteiger partial charge in [-0.15, -0.1) is 0 Å². The normalized spacial score (nSPS) is 21.8. The number of aliphatic hydroxyl groups is 1. The number of amides is 2. The van der Waals surface area contributed by atoms with Crippen molar-refractivity contribution in [2.45, 2.75) is 63.6 Å². The number of morpholine rings is 1. The number of carbonyl (C=O) groups is 2. The van der Waals surface area contributed by atoms with Crippen molar-refractivity contribution in [3.8, 4) is 0 Å². The smallest absolute Gasteiger partial charge is 0.243 e. The van der Waals surface area contributed by atoms with Crippen LogP contribution in [0.25, 0.3) is 0 Å². The summed E-state index contributed by atoms with van der Waals surface area (Å²) in [6, 6.07) is 15.4. The van der Waals surface area contributed by atoms with Gasteiger partial charge in [-0.3, -0.25) is 19.7 Å². The first-order chi connectivity index (χ1) is 19.0. The summed E-state index contributed by atoms with van der Waals surface area (Å²) in [7, 11) is 0. The van der Waals surface area contributed by atoms with Crippen LogP contribution in [0.4, 0.5) is 5.69 Å². The highest BCUT2D eigenvalue weighted by molar-refractivity contribution is 5.90. The number of nitrogens with one attached hydrogen (secondary N) is 2. The maximum atomic E-state index is 12.5. The van der Waals surface area contributed by atoms with Gasteiger partial charge in [-0.1, -0.05) is 42.8 Å². The van der Waals surface area contributed by atoms with Crippen LogP contribution in [0.1, 0.15) is 67.6 Å². The summed E-state index contributed by atoms with van der Waals surface area (Å²) in [6.45, 7) is 3.97. The summed E-state index contributed by atoms with van der Waals surface area (Å²) in [5.74, 6) is -0.517. The van der Waals surface area contributed by atoms with Gasteiger partial charge in [0.2, 0.25) is 11.8 Å². The second-order valence-corrected chi connectivity index (χ2v) is 10.0. The molecule has 2 aliphatic heterocycles. The molecule has 2 fully saturated rings. The Labute approximate surface area is 229 Å². The van der Waals surface area contributed by atoms with Crippen molar-refractivity contribution >= 4 is 17.5 Å². The minimum atomic E-state index is -0.596. The summed E-state index contributed by atoms with van der Waals surface area (Å²) >= 11 is 0. The molecule has 4 N–H and O–H groups in total. The first-order valence-corrected chi connectivity index (χ1v) is 13.7. The van der Waals surface area contributed by atoms with Crippen molar-refractivity contribution < 1.29 is 34.1 Å². The van der Waals surface area contributed by atoms with Crippen LogP contribution in [-0.2, 0) is 30.4 Å². The molecule has 0 aliphatic carbocycles. The van der Waals surface area contributed by atoms with Crippen molar-refractivity contribution in [3.63, 3.8) is 0 Å². The number of benzene rings is 2. The maximum Gasteiger partial charge on any atom is 0.243 e. The van der Waals surface area contributed by atoms with Gasteiger partial charge in [-0.25, -0.2) is 5.48 Å². The Morgan fingerprint density at radius 2 is 1.67 bits per heavy atom. The number of nitrogens with zero attached hydrogens (tertiary/aromatic N) is 1. The zero-order valence-electron chi connectivity index (χ0n) is 22.2. The number of carbonyl (C=O) groups excluding carboxylic acids is 2. The zero-order valence-corrected chi connectivity index (χ0v) is 22.2. The van der Waals surface area contributed by atoms with E-state index < -0.39 is 12.2 Å². The van der Waals surface area contributed by atoms with E-state index in [1.807, 2.05) is 48.5 Å². The first-order valence-electron chi connectivity index (χ1n) is 13.7. The summed E-state index contributed by atoms with van der Waals surface area (Å²) in [5.41, 5.74) is 5.00. The van der Waals surface area contributed by atoms with E-state index in [1.165, 1.54) is 0 Å². The number of aliphatic hydroxyl groups excluding tert-OH is 1. The van der Waals surface area contributed by atoms with Crippen LogP contribution in [0.3, 0.4) is 0 Å². The number of ether oxygens (including phenoxy) is 3. The van der Waals surface area contributed by atoms with Gasteiger partial charge in [0.05, 0.1) is 32.0 Å². The molecule has 2 heterocycles. The van der Waals surface area contributed by atoms with Gasteiger partial charge in [0, 0.05) is 50.1 Å². The lowest BCUT2D eigenvalue weighted by Gasteiger charge is -2.39. The lowest BCUT2D eigenvalue weighted by atomic mass is 9.99. The molecule has 2 aromatic carbocycles. The van der Waals surface area contributed by atoms with Crippen LogP contribution in [0.5, 0.6) is 0 Å². The molecule has 10 heteroatoms.